The number of ether oxygens (including phenoxy) is 1. The quantitative estimate of drug-likeness (QED) is 0.134. The topological polar surface area (TPSA) is 119 Å². The van der Waals surface area contributed by atoms with Gasteiger partial charge >= 0.3 is 0 Å². The smallest absolute Gasteiger partial charge is 0.211 e. The predicted octanol–water partition coefficient (Wildman–Crippen LogP) is 5.39. The molecule has 2 amide bonds. The Labute approximate surface area is 229 Å². The average Bonchev–Trinajstić information content (AvgIpc) is 3.48. The number of amides is 2. The Hall–Kier alpha value is -4.02. The van der Waals surface area contributed by atoms with E-state index in [1.165, 1.54) is 42.7 Å². The summed E-state index contributed by atoms with van der Waals surface area (Å²) < 4.78 is 7.38. The minimum Gasteiger partial charge on any atom is -0.497 e. The number of carbonyl (C=O) groups excluding carboxylic acids is 2. The Balaban J connectivity index is 0.000000202. The Kier molecular flexibility index (Phi) is 13.9. The van der Waals surface area contributed by atoms with Crippen molar-refractivity contribution in [2.45, 2.75) is 17.7 Å². The first-order valence-corrected chi connectivity index (χ1v) is 12.9. The van der Waals surface area contributed by atoms with Crippen molar-refractivity contribution >= 4 is 53.7 Å². The van der Waals surface area contributed by atoms with Crippen molar-refractivity contribution in [1.29, 1.82) is 5.41 Å². The minimum absolute atomic E-state index is 0.624. The summed E-state index contributed by atoms with van der Waals surface area (Å²) in [5, 5.41) is 18.2. The lowest BCUT2D eigenvalue weighted by Crippen LogP contribution is -2.08. The number of rotatable bonds is 10. The van der Waals surface area contributed by atoms with E-state index in [9.17, 15) is 9.59 Å². The van der Waals surface area contributed by atoms with Gasteiger partial charge in [-0.2, -0.15) is 0 Å². The van der Waals surface area contributed by atoms with Gasteiger partial charge in [-0.1, -0.05) is 6.07 Å². The van der Waals surface area contributed by atoms with Gasteiger partial charge < -0.3 is 31.4 Å². The summed E-state index contributed by atoms with van der Waals surface area (Å²) in [5.74, 6) is 0.733. The third-order valence-electron chi connectivity index (χ3n) is 5.44. The van der Waals surface area contributed by atoms with E-state index in [4.69, 9.17) is 10.1 Å². The van der Waals surface area contributed by atoms with Gasteiger partial charge in [-0.25, -0.2) is 4.31 Å². The van der Waals surface area contributed by atoms with Crippen LogP contribution in [0, 0.1) is 5.41 Å². The number of anilines is 4. The van der Waals surface area contributed by atoms with Crippen LogP contribution >= 0.6 is 11.9 Å². The zero-order valence-electron chi connectivity index (χ0n) is 22.0. The standard InChI is InChI=1S/C11H16N2S.C9H11N3O.C8H9NO2/c1-12-10-4-6-11(7-5-10)14-13-8-2-3-9-13;1-11-9-4-8(12-6-13)3-2-7(9)5-10;1-11-8-4-2-3-7(5-8)9-6-10/h4-7,12H,2-3,8-9H2,1H3;2-6,10-11H,1H3,(H,12,13);2-6H,1H3,(H,9,10). The highest BCUT2D eigenvalue weighted by Gasteiger charge is 2.12. The molecule has 3 aromatic carbocycles. The van der Waals surface area contributed by atoms with Crippen LogP contribution in [0.3, 0.4) is 0 Å². The van der Waals surface area contributed by atoms with Crippen molar-refractivity contribution in [3.8, 4) is 5.75 Å². The lowest BCUT2D eigenvalue weighted by atomic mass is 10.1. The molecule has 10 heteroatoms. The average molecular weight is 537 g/mol. The van der Waals surface area contributed by atoms with Crippen LogP contribution in [0.5, 0.6) is 5.75 Å². The third kappa shape index (κ3) is 10.5. The predicted molar refractivity (Wildman–Crippen MR) is 159 cm³/mol. The first kappa shape index (κ1) is 30.2. The van der Waals surface area contributed by atoms with Crippen molar-refractivity contribution in [2.75, 3.05) is 55.6 Å². The molecular weight excluding hydrogens is 500 g/mol. The van der Waals surface area contributed by atoms with E-state index >= 15 is 0 Å². The molecule has 4 rings (SSSR count). The van der Waals surface area contributed by atoms with Crippen molar-refractivity contribution < 1.29 is 14.3 Å². The van der Waals surface area contributed by atoms with Gasteiger partial charge in [-0.3, -0.25) is 9.59 Å². The van der Waals surface area contributed by atoms with Crippen molar-refractivity contribution in [3.05, 3.63) is 72.3 Å². The molecule has 0 aliphatic carbocycles. The molecule has 3 aromatic rings. The highest BCUT2D eigenvalue weighted by molar-refractivity contribution is 7.97. The fraction of sp³-hybridized carbons (Fsp3) is 0.250. The summed E-state index contributed by atoms with van der Waals surface area (Å²) in [4.78, 5) is 21.5. The number of nitrogens with one attached hydrogen (secondary N) is 5. The molecular formula is C28H36N6O3S. The second kappa shape index (κ2) is 17.4. The van der Waals surface area contributed by atoms with E-state index in [-0.39, 0.29) is 0 Å². The molecule has 0 atom stereocenters. The first-order valence-electron chi connectivity index (χ1n) is 12.1. The van der Waals surface area contributed by atoms with Crippen LogP contribution in [-0.2, 0) is 9.59 Å². The van der Waals surface area contributed by atoms with Gasteiger partial charge in [0.25, 0.3) is 0 Å². The van der Waals surface area contributed by atoms with Crippen LogP contribution in [0.15, 0.2) is 71.6 Å². The van der Waals surface area contributed by atoms with E-state index in [0.717, 1.165) is 22.7 Å². The highest BCUT2D eigenvalue weighted by Crippen LogP contribution is 2.27. The van der Waals surface area contributed by atoms with Crippen molar-refractivity contribution in [2.24, 2.45) is 0 Å². The number of hydrogen-bond acceptors (Lipinski definition) is 8. The maximum absolute atomic E-state index is 10.2. The third-order valence-corrected chi connectivity index (χ3v) is 6.55. The van der Waals surface area contributed by atoms with Gasteiger partial charge in [0, 0.05) is 72.7 Å². The van der Waals surface area contributed by atoms with Gasteiger partial charge in [0.2, 0.25) is 12.8 Å². The molecule has 202 valence electrons. The molecule has 5 N–H and O–H groups in total. The van der Waals surface area contributed by atoms with E-state index in [0.29, 0.717) is 18.5 Å². The first-order chi connectivity index (χ1) is 18.6. The molecule has 0 aromatic heterocycles. The van der Waals surface area contributed by atoms with Gasteiger partial charge in [0.15, 0.2) is 0 Å². The molecule has 1 aliphatic heterocycles. The fourth-order valence-corrected chi connectivity index (χ4v) is 4.45. The minimum atomic E-state index is 0.624. The van der Waals surface area contributed by atoms with E-state index in [2.05, 4.69) is 49.8 Å². The molecule has 0 spiro atoms. The lowest BCUT2D eigenvalue weighted by molar-refractivity contribution is -0.106. The molecule has 1 saturated heterocycles. The maximum atomic E-state index is 10.2. The van der Waals surface area contributed by atoms with Crippen LogP contribution < -0.4 is 26.0 Å². The van der Waals surface area contributed by atoms with Crippen LogP contribution in [0.4, 0.5) is 22.7 Å². The molecule has 1 fully saturated rings. The maximum Gasteiger partial charge on any atom is 0.211 e. The summed E-state index contributed by atoms with van der Waals surface area (Å²) in [6.45, 7) is 2.47. The van der Waals surface area contributed by atoms with E-state index < -0.39 is 0 Å². The largest absolute Gasteiger partial charge is 0.497 e. The molecule has 1 heterocycles. The Morgan fingerprint density at radius 1 is 0.842 bits per heavy atom. The zero-order valence-corrected chi connectivity index (χ0v) is 22.8. The molecule has 38 heavy (non-hydrogen) atoms. The number of nitrogens with zero attached hydrogens (tertiary/aromatic N) is 1. The fourth-order valence-electron chi connectivity index (χ4n) is 3.45. The van der Waals surface area contributed by atoms with Crippen molar-refractivity contribution in [3.63, 3.8) is 0 Å². The van der Waals surface area contributed by atoms with Gasteiger partial charge in [-0.15, -0.1) is 0 Å². The van der Waals surface area contributed by atoms with E-state index in [1.807, 2.05) is 31.1 Å². The lowest BCUT2D eigenvalue weighted by Gasteiger charge is -2.13. The molecule has 0 radical (unpaired) electrons. The summed E-state index contributed by atoms with van der Waals surface area (Å²) in [6.07, 6.45) is 5.22. The number of hydrogen-bond donors (Lipinski definition) is 5. The van der Waals surface area contributed by atoms with Crippen LogP contribution in [-0.4, -0.2) is 57.6 Å². The number of methoxy groups -OCH3 is 1. The Morgan fingerprint density at radius 3 is 2.03 bits per heavy atom. The van der Waals surface area contributed by atoms with Gasteiger partial charge in [-0.05, 0) is 79.4 Å². The highest BCUT2D eigenvalue weighted by atomic mass is 32.2. The molecule has 0 bridgehead atoms. The van der Waals surface area contributed by atoms with Crippen LogP contribution in [0.1, 0.15) is 18.4 Å². The second-order valence-electron chi connectivity index (χ2n) is 7.95. The molecule has 0 unspecified atom stereocenters. The van der Waals surface area contributed by atoms with Crippen LogP contribution in [0.2, 0.25) is 0 Å². The molecule has 1 aliphatic rings. The summed E-state index contributed by atoms with van der Waals surface area (Å²) in [7, 11) is 5.30. The van der Waals surface area contributed by atoms with Gasteiger partial charge in [0.05, 0.1) is 7.11 Å². The summed E-state index contributed by atoms with van der Waals surface area (Å²) >= 11 is 1.88. The number of benzene rings is 3. The molecule has 9 nitrogen and oxygen atoms in total. The summed E-state index contributed by atoms with van der Waals surface area (Å²) in [5.41, 5.74) is 4.24. The second-order valence-corrected chi connectivity index (χ2v) is 9.12. The number of carbonyl (C=O) groups is 2. The van der Waals surface area contributed by atoms with Crippen molar-refractivity contribution in [1.82, 2.24) is 4.31 Å². The monoisotopic (exact) mass is 536 g/mol. The van der Waals surface area contributed by atoms with Gasteiger partial charge in [0.1, 0.15) is 5.75 Å². The molecule has 0 saturated carbocycles. The van der Waals surface area contributed by atoms with Crippen LogP contribution in [0.25, 0.3) is 0 Å². The Bertz CT molecular complexity index is 1140. The normalized spacial score (nSPS) is 12.0. The summed E-state index contributed by atoms with van der Waals surface area (Å²) in [6, 6.07) is 21.0. The Morgan fingerprint density at radius 2 is 1.47 bits per heavy atom. The SMILES string of the molecule is CNc1cc(NC=O)ccc1C=N.CNc1ccc(SN2CCCC2)cc1.COc1cccc(NC=O)c1. The zero-order chi connectivity index (χ0) is 27.6. The van der Waals surface area contributed by atoms with E-state index in [1.54, 1.807) is 44.5 Å².